The number of ether oxygens (including phenoxy) is 1. The number of nitrogens with zero attached hydrogens (tertiary/aromatic N) is 4. The lowest BCUT2D eigenvalue weighted by molar-refractivity contribution is -0.136. The van der Waals surface area contributed by atoms with Gasteiger partial charge >= 0.3 is 12.2 Å². The van der Waals surface area contributed by atoms with Crippen LogP contribution in [0.1, 0.15) is 82.8 Å². The molecule has 2 aromatic heterocycles. The van der Waals surface area contributed by atoms with Crippen LogP contribution in [-0.2, 0) is 20.9 Å². The molecule has 0 radical (unpaired) electrons. The van der Waals surface area contributed by atoms with Crippen LogP contribution in [0.3, 0.4) is 0 Å². The Kier molecular flexibility index (Phi) is 11.9. The number of hydrogen-bond donors (Lipinski definition) is 6. The van der Waals surface area contributed by atoms with Crippen LogP contribution in [0, 0.1) is 11.8 Å². The molecule has 2 aromatic carbocycles. The number of nitrogens with one attached hydrogen (secondary N) is 4. The van der Waals surface area contributed by atoms with Gasteiger partial charge in [0, 0.05) is 24.8 Å². The topological polar surface area (TPSA) is 206 Å². The van der Waals surface area contributed by atoms with Crippen molar-refractivity contribution in [3.05, 3.63) is 72.1 Å². The van der Waals surface area contributed by atoms with E-state index in [4.69, 9.17) is 9.72 Å². The van der Waals surface area contributed by atoms with Gasteiger partial charge in [-0.05, 0) is 54.2 Å². The van der Waals surface area contributed by atoms with Gasteiger partial charge in [0.1, 0.15) is 23.7 Å². The largest absolute Gasteiger partial charge is 0.465 e. The van der Waals surface area contributed by atoms with Crippen LogP contribution in [-0.4, -0.2) is 96.2 Å². The van der Waals surface area contributed by atoms with E-state index in [1.165, 1.54) is 7.11 Å². The number of hydrogen-bond acceptors (Lipinski definition) is 8. The number of carbonyl (C=O) groups is 4. The second kappa shape index (κ2) is 16.8. The van der Waals surface area contributed by atoms with Crippen molar-refractivity contribution in [2.45, 2.75) is 84.2 Å². The van der Waals surface area contributed by atoms with Gasteiger partial charge in [-0.1, -0.05) is 76.2 Å². The highest BCUT2D eigenvalue weighted by Crippen LogP contribution is 2.36. The third-order valence-electron chi connectivity index (χ3n) is 10.5. The molecule has 55 heavy (non-hydrogen) atoms. The summed E-state index contributed by atoms with van der Waals surface area (Å²) in [4.78, 5) is 70.0. The van der Waals surface area contributed by atoms with Crippen LogP contribution in [0.2, 0.25) is 0 Å². The SMILES string of the molecule is COC(=O)N[C@H](C(=O)N1CCCC1c1nc(-c2ccc(-c3ccc(-c4[nH]c([C@@H]5CCCN5C(=O)[C@@H](NC(=O)O)C(C)C)nc4CO)cc3)cc2)c[nH]1)C(C)C. The van der Waals surface area contributed by atoms with Crippen molar-refractivity contribution in [3.63, 3.8) is 0 Å². The number of carboxylic acid groups (broad SMARTS) is 1. The van der Waals surface area contributed by atoms with Crippen LogP contribution in [0.15, 0.2) is 54.7 Å². The van der Waals surface area contributed by atoms with E-state index in [-0.39, 0.29) is 42.3 Å². The molecule has 4 heterocycles. The zero-order valence-electron chi connectivity index (χ0n) is 31.8. The van der Waals surface area contributed by atoms with Crippen LogP contribution >= 0.6 is 0 Å². The van der Waals surface area contributed by atoms with E-state index in [0.29, 0.717) is 42.5 Å². The number of rotatable bonds is 12. The first-order valence-electron chi connectivity index (χ1n) is 18.8. The molecule has 0 bridgehead atoms. The first-order valence-corrected chi connectivity index (χ1v) is 18.8. The molecule has 1 unspecified atom stereocenters. The molecule has 4 aromatic rings. The van der Waals surface area contributed by atoms with E-state index < -0.39 is 24.3 Å². The molecule has 2 aliphatic heterocycles. The van der Waals surface area contributed by atoms with Gasteiger partial charge in [0.15, 0.2) is 0 Å². The van der Waals surface area contributed by atoms with E-state index in [1.807, 2.05) is 68.6 Å². The van der Waals surface area contributed by atoms with Crippen LogP contribution in [0.25, 0.3) is 33.6 Å². The Morgan fingerprint density at radius 1 is 0.782 bits per heavy atom. The lowest BCUT2D eigenvalue weighted by Gasteiger charge is -2.29. The van der Waals surface area contributed by atoms with Crippen molar-refractivity contribution in [1.82, 2.24) is 40.4 Å². The summed E-state index contributed by atoms with van der Waals surface area (Å²) in [6.07, 6.45) is 2.99. The molecular weight excluding hydrogens is 704 g/mol. The maximum Gasteiger partial charge on any atom is 0.407 e. The van der Waals surface area contributed by atoms with Gasteiger partial charge in [-0.15, -0.1) is 0 Å². The Morgan fingerprint density at radius 3 is 1.80 bits per heavy atom. The van der Waals surface area contributed by atoms with E-state index >= 15 is 0 Å². The summed E-state index contributed by atoms with van der Waals surface area (Å²) in [6, 6.07) is 13.8. The number of carbonyl (C=O) groups excluding carboxylic acids is 3. The molecular formula is C40H50N8O7. The summed E-state index contributed by atoms with van der Waals surface area (Å²) in [5.74, 6) is 0.472. The van der Waals surface area contributed by atoms with Crippen LogP contribution in [0.5, 0.6) is 0 Å². The fourth-order valence-corrected chi connectivity index (χ4v) is 7.59. The summed E-state index contributed by atoms with van der Waals surface area (Å²) in [5.41, 5.74) is 5.63. The summed E-state index contributed by atoms with van der Waals surface area (Å²) in [7, 11) is 1.28. The molecule has 0 saturated carbocycles. The molecule has 6 N–H and O–H groups in total. The minimum absolute atomic E-state index is 0.118. The van der Waals surface area contributed by atoms with Crippen molar-refractivity contribution < 1.29 is 34.1 Å². The van der Waals surface area contributed by atoms with Gasteiger partial charge in [0.2, 0.25) is 11.8 Å². The number of alkyl carbamates (subject to hydrolysis) is 1. The van der Waals surface area contributed by atoms with Gasteiger partial charge in [-0.3, -0.25) is 9.59 Å². The number of aliphatic hydroxyl groups excluding tert-OH is 1. The first kappa shape index (κ1) is 39.0. The van der Waals surface area contributed by atoms with Crippen molar-refractivity contribution in [2.75, 3.05) is 20.2 Å². The average Bonchev–Trinajstić information content (AvgIpc) is 4.01. The second-order valence-corrected chi connectivity index (χ2v) is 14.8. The van der Waals surface area contributed by atoms with Gasteiger partial charge in [0.25, 0.3) is 0 Å². The zero-order valence-corrected chi connectivity index (χ0v) is 31.8. The van der Waals surface area contributed by atoms with E-state index in [1.54, 1.807) is 23.6 Å². The van der Waals surface area contributed by atoms with Crippen molar-refractivity contribution in [1.29, 1.82) is 0 Å². The normalized spacial score (nSPS) is 18.1. The van der Waals surface area contributed by atoms with Gasteiger partial charge < -0.3 is 45.4 Å². The maximum atomic E-state index is 13.5. The molecule has 4 amide bonds. The highest BCUT2D eigenvalue weighted by atomic mass is 16.5. The summed E-state index contributed by atoms with van der Waals surface area (Å²) < 4.78 is 4.75. The molecule has 0 spiro atoms. The van der Waals surface area contributed by atoms with E-state index in [0.717, 1.165) is 47.2 Å². The Labute approximate surface area is 319 Å². The van der Waals surface area contributed by atoms with Gasteiger partial charge in [-0.2, -0.15) is 0 Å². The second-order valence-electron chi connectivity index (χ2n) is 14.8. The minimum Gasteiger partial charge on any atom is -0.465 e. The molecule has 4 atom stereocenters. The quantitative estimate of drug-likeness (QED) is 0.106. The van der Waals surface area contributed by atoms with Crippen molar-refractivity contribution >= 4 is 24.0 Å². The fourth-order valence-electron chi connectivity index (χ4n) is 7.59. The smallest absolute Gasteiger partial charge is 0.407 e. The Hall–Kier alpha value is -5.70. The van der Waals surface area contributed by atoms with E-state index in [2.05, 4.69) is 25.6 Å². The first-order chi connectivity index (χ1) is 26.4. The molecule has 2 fully saturated rings. The predicted molar refractivity (Wildman–Crippen MR) is 204 cm³/mol. The monoisotopic (exact) mass is 754 g/mol. The number of imidazole rings is 2. The number of amides is 4. The zero-order chi connectivity index (χ0) is 39.4. The van der Waals surface area contributed by atoms with Crippen molar-refractivity contribution in [3.8, 4) is 33.6 Å². The number of methoxy groups -OCH3 is 1. The summed E-state index contributed by atoms with van der Waals surface area (Å²) >= 11 is 0. The Balaban J connectivity index is 1.14. The minimum atomic E-state index is -1.24. The third-order valence-corrected chi connectivity index (χ3v) is 10.5. The summed E-state index contributed by atoms with van der Waals surface area (Å²) in [5, 5.41) is 24.6. The molecule has 2 aliphatic rings. The number of aromatic nitrogens is 4. The Morgan fingerprint density at radius 2 is 1.29 bits per heavy atom. The summed E-state index contributed by atoms with van der Waals surface area (Å²) in [6.45, 7) is 8.16. The van der Waals surface area contributed by atoms with Crippen LogP contribution < -0.4 is 10.6 Å². The molecule has 15 heteroatoms. The maximum absolute atomic E-state index is 13.5. The van der Waals surface area contributed by atoms with Gasteiger partial charge in [0.05, 0.1) is 42.9 Å². The molecule has 292 valence electrons. The fraction of sp³-hybridized carbons (Fsp3) is 0.450. The van der Waals surface area contributed by atoms with Crippen LogP contribution in [0.4, 0.5) is 9.59 Å². The van der Waals surface area contributed by atoms with Gasteiger partial charge in [-0.25, -0.2) is 19.6 Å². The highest BCUT2D eigenvalue weighted by Gasteiger charge is 2.39. The highest BCUT2D eigenvalue weighted by molar-refractivity contribution is 5.87. The Bertz CT molecular complexity index is 1990. The number of H-pyrrole nitrogens is 2. The predicted octanol–water partition coefficient (Wildman–Crippen LogP) is 5.63. The standard InChI is InChI=1S/C40H50N8O7/c1-22(2)32(45-39(52)53)37(50)48-19-7-9-31(48)36-43-29(21-49)34(44-36)27-16-12-25(13-17-27)24-10-14-26(15-11-24)28-20-41-35(42-28)30-8-6-18-47(30)38(51)33(23(3)4)46-40(54)55-5/h10-17,20,22-23,30-33,45,49H,6-9,18-19,21H2,1-5H3,(H,41,42)(H,43,44)(H,46,54)(H,52,53)/t30?,31-,32-,33-/m0/s1. The number of aromatic amines is 2. The van der Waals surface area contributed by atoms with E-state index in [9.17, 15) is 29.4 Å². The van der Waals surface area contributed by atoms with Crippen molar-refractivity contribution in [2.24, 2.45) is 11.8 Å². The molecule has 2 saturated heterocycles. The molecule has 6 rings (SSSR count). The lowest BCUT2D eigenvalue weighted by atomic mass is 10.0. The number of likely N-dealkylation sites (tertiary alicyclic amines) is 2. The molecule has 0 aliphatic carbocycles. The number of aliphatic hydroxyl groups is 1. The number of benzene rings is 2. The average molecular weight is 755 g/mol. The lowest BCUT2D eigenvalue weighted by Crippen LogP contribution is -2.51. The third kappa shape index (κ3) is 8.36. The molecule has 15 nitrogen and oxygen atoms in total.